The molecule has 36 heavy (non-hydrogen) atoms. The predicted molar refractivity (Wildman–Crippen MR) is 136 cm³/mol. The molecule has 2 aliphatic rings. The average molecular weight is 494 g/mol. The number of carbonyl (C=O) groups excluding carboxylic acids is 2. The molecule has 1 aliphatic carbocycles. The van der Waals surface area contributed by atoms with Gasteiger partial charge in [0.1, 0.15) is 11.6 Å². The molecule has 1 atom stereocenters. The number of H-pyrrole nitrogens is 1. The number of aryl methyl sites for hydroxylation is 2. The standard InChI is InChI=1S/C29H33F2N3O2/c1-17-18(2)32-26-9-7-22(14-24(17)26)29(36)34-12-10-19(11-13-34)27(33(3)28(35)20-4-5-20)15-21-6-8-23(30)16-25(21)31/h6-9,14,16,19-20,27,32H,4-5,10-13,15H2,1-3H3/t27-/m0/s1. The molecule has 0 radical (unpaired) electrons. The Labute approximate surface area is 210 Å². The van der Waals surface area contributed by atoms with E-state index in [1.807, 2.05) is 30.0 Å². The maximum absolute atomic E-state index is 14.5. The van der Waals surface area contributed by atoms with Crippen LogP contribution < -0.4 is 0 Å². The zero-order chi connectivity index (χ0) is 25.6. The molecule has 1 aliphatic heterocycles. The van der Waals surface area contributed by atoms with E-state index in [-0.39, 0.29) is 29.7 Å². The number of benzene rings is 2. The van der Waals surface area contributed by atoms with E-state index in [9.17, 15) is 18.4 Å². The van der Waals surface area contributed by atoms with Crippen molar-refractivity contribution in [3.63, 3.8) is 0 Å². The molecule has 1 N–H and O–H groups in total. The van der Waals surface area contributed by atoms with Crippen molar-refractivity contribution in [2.45, 2.75) is 52.0 Å². The van der Waals surface area contributed by atoms with Crippen molar-refractivity contribution in [2.75, 3.05) is 20.1 Å². The van der Waals surface area contributed by atoms with Crippen LogP contribution in [0.25, 0.3) is 10.9 Å². The van der Waals surface area contributed by atoms with E-state index >= 15 is 0 Å². The second-order valence-electron chi connectivity index (χ2n) is 10.5. The molecule has 0 bridgehead atoms. The van der Waals surface area contributed by atoms with Crippen LogP contribution in [-0.2, 0) is 11.2 Å². The molecule has 5 nitrogen and oxygen atoms in total. The number of halogens is 2. The molecule has 0 unspecified atom stereocenters. The van der Waals surface area contributed by atoms with Crippen LogP contribution >= 0.6 is 0 Å². The molecule has 1 saturated heterocycles. The molecular formula is C29H33F2N3O2. The highest BCUT2D eigenvalue weighted by atomic mass is 19.1. The number of nitrogens with one attached hydrogen (secondary N) is 1. The number of likely N-dealkylation sites (N-methyl/N-ethyl adjacent to an activating group) is 1. The van der Waals surface area contributed by atoms with E-state index < -0.39 is 11.6 Å². The number of aromatic amines is 1. The predicted octanol–water partition coefficient (Wildman–Crippen LogP) is 5.39. The van der Waals surface area contributed by atoms with Crippen molar-refractivity contribution in [2.24, 2.45) is 11.8 Å². The summed E-state index contributed by atoms with van der Waals surface area (Å²) < 4.78 is 28.0. The van der Waals surface area contributed by atoms with Gasteiger partial charge in [0.05, 0.1) is 0 Å². The summed E-state index contributed by atoms with van der Waals surface area (Å²) in [5.74, 6) is -0.879. The van der Waals surface area contributed by atoms with Gasteiger partial charge in [0.15, 0.2) is 0 Å². The van der Waals surface area contributed by atoms with Gasteiger partial charge >= 0.3 is 0 Å². The summed E-state index contributed by atoms with van der Waals surface area (Å²) in [5.41, 5.74) is 4.37. The number of likely N-dealkylation sites (tertiary alicyclic amines) is 1. The molecule has 1 aromatic heterocycles. The topological polar surface area (TPSA) is 56.4 Å². The van der Waals surface area contributed by atoms with Crippen LogP contribution in [0.1, 0.15) is 52.9 Å². The van der Waals surface area contributed by atoms with E-state index in [1.54, 1.807) is 11.9 Å². The molecule has 1 saturated carbocycles. The second kappa shape index (κ2) is 9.68. The Morgan fingerprint density at radius 2 is 1.78 bits per heavy atom. The number of rotatable bonds is 6. The minimum absolute atomic E-state index is 0.0112. The first kappa shape index (κ1) is 24.5. The third kappa shape index (κ3) is 4.75. The monoisotopic (exact) mass is 493 g/mol. The third-order valence-electron chi connectivity index (χ3n) is 8.14. The molecule has 7 heteroatoms. The fourth-order valence-corrected chi connectivity index (χ4v) is 5.58. The molecule has 3 aromatic rings. The SMILES string of the molecule is Cc1[nH]c2ccc(C(=O)N3CCC([C@H](Cc4ccc(F)cc4F)N(C)C(=O)C4CC4)CC3)cc2c1C. The third-order valence-corrected chi connectivity index (χ3v) is 8.14. The number of hydrogen-bond donors (Lipinski definition) is 1. The lowest BCUT2D eigenvalue weighted by Gasteiger charge is -2.40. The molecule has 0 spiro atoms. The minimum Gasteiger partial charge on any atom is -0.358 e. The van der Waals surface area contributed by atoms with Gasteiger partial charge in [0.2, 0.25) is 5.91 Å². The molecule has 5 rings (SSSR count). The Morgan fingerprint density at radius 1 is 1.06 bits per heavy atom. The van der Waals surface area contributed by atoms with E-state index in [0.717, 1.165) is 53.9 Å². The number of piperidine rings is 1. The maximum atomic E-state index is 14.5. The highest BCUT2D eigenvalue weighted by Gasteiger charge is 2.38. The zero-order valence-electron chi connectivity index (χ0n) is 21.1. The Morgan fingerprint density at radius 3 is 2.44 bits per heavy atom. The van der Waals surface area contributed by atoms with Crippen LogP contribution in [0.15, 0.2) is 36.4 Å². The first-order valence-electron chi connectivity index (χ1n) is 12.8. The number of hydrogen-bond acceptors (Lipinski definition) is 2. The number of fused-ring (bicyclic) bond motifs is 1. The van der Waals surface area contributed by atoms with E-state index in [1.165, 1.54) is 12.1 Å². The van der Waals surface area contributed by atoms with Gasteiger partial charge in [-0.15, -0.1) is 0 Å². The number of nitrogens with zero attached hydrogens (tertiary/aromatic N) is 2. The summed E-state index contributed by atoms with van der Waals surface area (Å²) in [7, 11) is 1.81. The maximum Gasteiger partial charge on any atom is 0.253 e. The Bertz CT molecular complexity index is 1310. The Kier molecular flexibility index (Phi) is 6.58. The molecule has 2 aromatic carbocycles. The van der Waals surface area contributed by atoms with Crippen molar-refractivity contribution in [3.05, 3.63) is 70.4 Å². The van der Waals surface area contributed by atoms with Crippen molar-refractivity contribution >= 4 is 22.7 Å². The van der Waals surface area contributed by atoms with Gasteiger partial charge in [-0.2, -0.15) is 0 Å². The van der Waals surface area contributed by atoms with Gasteiger partial charge in [-0.3, -0.25) is 9.59 Å². The number of aromatic nitrogens is 1. The van der Waals surface area contributed by atoms with Crippen LogP contribution in [-0.4, -0.2) is 52.8 Å². The quantitative estimate of drug-likeness (QED) is 0.500. The lowest BCUT2D eigenvalue weighted by atomic mass is 9.84. The first-order chi connectivity index (χ1) is 17.2. The van der Waals surface area contributed by atoms with Gasteiger partial charge < -0.3 is 14.8 Å². The van der Waals surface area contributed by atoms with Crippen LogP contribution in [0.3, 0.4) is 0 Å². The van der Waals surface area contributed by atoms with Gasteiger partial charge in [-0.1, -0.05) is 6.07 Å². The molecule has 190 valence electrons. The number of carbonyl (C=O) groups is 2. The summed E-state index contributed by atoms with van der Waals surface area (Å²) in [6.07, 6.45) is 3.59. The normalized spacial score (nSPS) is 17.4. The Balaban J connectivity index is 1.31. The smallest absolute Gasteiger partial charge is 0.253 e. The van der Waals surface area contributed by atoms with Crippen LogP contribution in [0.5, 0.6) is 0 Å². The molecule has 2 amide bonds. The molecular weight excluding hydrogens is 460 g/mol. The van der Waals surface area contributed by atoms with Crippen molar-refractivity contribution in [1.29, 1.82) is 0 Å². The van der Waals surface area contributed by atoms with Gasteiger partial charge in [0.25, 0.3) is 5.91 Å². The van der Waals surface area contributed by atoms with E-state index in [2.05, 4.69) is 11.9 Å². The molecule has 2 heterocycles. The summed E-state index contributed by atoms with van der Waals surface area (Å²) >= 11 is 0. The first-order valence-corrected chi connectivity index (χ1v) is 12.8. The fourth-order valence-electron chi connectivity index (χ4n) is 5.58. The highest BCUT2D eigenvalue weighted by Crippen LogP contribution is 2.34. The minimum atomic E-state index is -0.606. The van der Waals surface area contributed by atoms with Crippen molar-refractivity contribution in [3.8, 4) is 0 Å². The van der Waals surface area contributed by atoms with Crippen molar-refractivity contribution in [1.82, 2.24) is 14.8 Å². The van der Waals surface area contributed by atoms with Crippen molar-refractivity contribution < 1.29 is 18.4 Å². The largest absolute Gasteiger partial charge is 0.358 e. The average Bonchev–Trinajstić information content (AvgIpc) is 3.68. The van der Waals surface area contributed by atoms with Crippen LogP contribution in [0, 0.1) is 37.3 Å². The van der Waals surface area contributed by atoms with E-state index in [0.29, 0.717) is 30.6 Å². The van der Waals surface area contributed by atoms with E-state index in [4.69, 9.17) is 0 Å². The summed E-state index contributed by atoms with van der Waals surface area (Å²) in [6, 6.07) is 9.25. The fraction of sp³-hybridized carbons (Fsp3) is 0.448. The summed E-state index contributed by atoms with van der Waals surface area (Å²) in [6.45, 7) is 5.25. The number of amides is 2. The summed E-state index contributed by atoms with van der Waals surface area (Å²) in [5, 5.41) is 1.06. The van der Waals surface area contributed by atoms with Crippen LogP contribution in [0.2, 0.25) is 0 Å². The second-order valence-corrected chi connectivity index (χ2v) is 10.5. The zero-order valence-corrected chi connectivity index (χ0v) is 21.1. The van der Waals surface area contributed by atoms with Gasteiger partial charge in [-0.05, 0) is 87.3 Å². The lowest BCUT2D eigenvalue weighted by molar-refractivity contribution is -0.134. The van der Waals surface area contributed by atoms with Crippen LogP contribution in [0.4, 0.5) is 8.78 Å². The van der Waals surface area contributed by atoms with Gasteiger partial charge in [-0.25, -0.2) is 8.78 Å². The lowest BCUT2D eigenvalue weighted by Crippen LogP contribution is -2.49. The Hall–Kier alpha value is -3.22. The van der Waals surface area contributed by atoms with Gasteiger partial charge in [0, 0.05) is 60.3 Å². The highest BCUT2D eigenvalue weighted by molar-refractivity contribution is 5.99. The summed E-state index contributed by atoms with van der Waals surface area (Å²) in [4.78, 5) is 33.2. The molecule has 2 fully saturated rings.